The van der Waals surface area contributed by atoms with Crippen LogP contribution < -0.4 is 5.73 Å². The molecule has 1 saturated carbocycles. The fourth-order valence-corrected chi connectivity index (χ4v) is 3.20. The number of hydrogen-bond acceptors (Lipinski definition) is 3. The zero-order chi connectivity index (χ0) is 11.1. The Hall–Kier alpha value is -0.810. The quantitative estimate of drug-likeness (QED) is 0.662. The van der Waals surface area contributed by atoms with Gasteiger partial charge in [-0.05, 0) is 37.7 Å². The molecule has 0 saturated heterocycles. The van der Waals surface area contributed by atoms with Gasteiger partial charge in [0, 0.05) is 5.70 Å². The Kier molecular flexibility index (Phi) is 2.60. The van der Waals surface area contributed by atoms with E-state index in [4.69, 9.17) is 10.3 Å². The molecule has 0 radical (unpaired) electrons. The third kappa shape index (κ3) is 2.23. The normalized spacial score (nSPS) is 31.5. The first-order valence-corrected chi connectivity index (χ1v) is 6.58. The Morgan fingerprint density at radius 1 is 1.27 bits per heavy atom. The van der Waals surface area contributed by atoms with Crippen molar-refractivity contribution in [2.45, 2.75) is 30.9 Å². The highest BCUT2D eigenvalue weighted by molar-refractivity contribution is 7.86. The van der Waals surface area contributed by atoms with Crippen molar-refractivity contribution < 1.29 is 13.0 Å². The first-order valence-electron chi connectivity index (χ1n) is 5.08. The summed E-state index contributed by atoms with van der Waals surface area (Å²) in [5.74, 6) is 0.382. The molecule has 4 nitrogen and oxygen atoms in total. The van der Waals surface area contributed by atoms with Gasteiger partial charge < -0.3 is 5.73 Å². The lowest BCUT2D eigenvalue weighted by molar-refractivity contribution is 0.407. The van der Waals surface area contributed by atoms with Gasteiger partial charge in [0.2, 0.25) is 0 Å². The van der Waals surface area contributed by atoms with Crippen LogP contribution in [0.4, 0.5) is 0 Å². The van der Waals surface area contributed by atoms with E-state index in [0.29, 0.717) is 18.8 Å². The van der Waals surface area contributed by atoms with E-state index < -0.39 is 15.4 Å². The predicted octanol–water partition coefficient (Wildman–Crippen LogP) is 1.22. The number of hydrogen-bond donors (Lipinski definition) is 2. The molecule has 5 heteroatoms. The second-order valence-electron chi connectivity index (χ2n) is 4.30. The first-order chi connectivity index (χ1) is 6.97. The maximum atomic E-state index is 11.0. The van der Waals surface area contributed by atoms with Gasteiger partial charge in [-0.25, -0.2) is 0 Å². The fraction of sp³-hybridized carbons (Fsp3) is 0.600. The van der Waals surface area contributed by atoms with Crippen LogP contribution in [0, 0.1) is 5.92 Å². The molecule has 2 aliphatic rings. The van der Waals surface area contributed by atoms with Gasteiger partial charge in [-0.1, -0.05) is 11.6 Å². The molecule has 3 N–H and O–H groups in total. The Morgan fingerprint density at radius 2 is 2.00 bits per heavy atom. The van der Waals surface area contributed by atoms with Crippen molar-refractivity contribution >= 4 is 10.1 Å². The minimum absolute atomic E-state index is 0.382. The third-order valence-corrected chi connectivity index (χ3v) is 4.48. The Labute approximate surface area is 89.6 Å². The molecule has 0 aromatic carbocycles. The van der Waals surface area contributed by atoms with E-state index in [2.05, 4.69) is 0 Å². The summed E-state index contributed by atoms with van der Waals surface area (Å²) in [7, 11) is -3.88. The van der Waals surface area contributed by atoms with Crippen molar-refractivity contribution in [1.82, 2.24) is 0 Å². The van der Waals surface area contributed by atoms with Crippen LogP contribution in [0.25, 0.3) is 0 Å². The highest BCUT2D eigenvalue weighted by atomic mass is 32.2. The van der Waals surface area contributed by atoms with Crippen LogP contribution in [0.1, 0.15) is 25.7 Å². The first kappa shape index (κ1) is 10.7. The molecule has 0 spiro atoms. The molecular formula is C10H15NO3S. The fourth-order valence-electron chi connectivity index (χ4n) is 2.36. The van der Waals surface area contributed by atoms with Gasteiger partial charge in [0.15, 0.2) is 0 Å². The van der Waals surface area contributed by atoms with E-state index in [1.54, 1.807) is 0 Å². The van der Waals surface area contributed by atoms with E-state index in [1.165, 1.54) is 0 Å². The van der Waals surface area contributed by atoms with Crippen molar-refractivity contribution in [3.8, 4) is 0 Å². The maximum Gasteiger partial charge on any atom is 0.268 e. The van der Waals surface area contributed by atoms with Gasteiger partial charge in [-0.15, -0.1) is 0 Å². The van der Waals surface area contributed by atoms with E-state index >= 15 is 0 Å². The lowest BCUT2D eigenvalue weighted by atomic mass is 9.79. The standard InChI is InChI=1S/C10H15NO3S/c11-9-3-1-8-6-10(15(12,13)14)4-2-7(8)5-9/h1,3,7,10H,2,4-6,11H2,(H,12,13,14). The van der Waals surface area contributed by atoms with E-state index in [1.807, 2.05) is 12.2 Å². The van der Waals surface area contributed by atoms with Crippen LogP contribution >= 0.6 is 0 Å². The van der Waals surface area contributed by atoms with E-state index in [9.17, 15) is 8.42 Å². The number of rotatable bonds is 1. The molecule has 0 heterocycles. The molecule has 0 bridgehead atoms. The Morgan fingerprint density at radius 3 is 2.67 bits per heavy atom. The van der Waals surface area contributed by atoms with Crippen LogP contribution in [0.2, 0.25) is 0 Å². The molecule has 0 amide bonds. The molecule has 1 fully saturated rings. The second kappa shape index (κ2) is 3.64. The molecule has 0 aromatic heterocycles. The van der Waals surface area contributed by atoms with Crippen molar-refractivity contribution in [3.05, 3.63) is 23.4 Å². The van der Waals surface area contributed by atoms with Crippen molar-refractivity contribution in [2.24, 2.45) is 11.7 Å². The van der Waals surface area contributed by atoms with Crippen LogP contribution in [-0.4, -0.2) is 18.2 Å². The molecule has 0 aliphatic heterocycles. The average Bonchev–Trinajstić information content (AvgIpc) is 2.15. The zero-order valence-electron chi connectivity index (χ0n) is 8.39. The van der Waals surface area contributed by atoms with E-state index in [0.717, 1.165) is 24.1 Å². The number of fused-ring (bicyclic) bond motifs is 1. The van der Waals surface area contributed by atoms with Gasteiger partial charge in [0.05, 0.1) is 5.25 Å². The maximum absolute atomic E-state index is 11.0. The monoisotopic (exact) mass is 229 g/mol. The van der Waals surface area contributed by atoms with Crippen LogP contribution in [0.3, 0.4) is 0 Å². The summed E-state index contributed by atoms with van der Waals surface area (Å²) in [5, 5.41) is -0.618. The van der Waals surface area contributed by atoms with E-state index in [-0.39, 0.29) is 0 Å². The van der Waals surface area contributed by atoms with Gasteiger partial charge in [0.1, 0.15) is 0 Å². The highest BCUT2D eigenvalue weighted by Gasteiger charge is 2.33. The summed E-state index contributed by atoms with van der Waals surface area (Å²) < 4.78 is 31.0. The van der Waals surface area contributed by atoms with Crippen molar-refractivity contribution in [3.63, 3.8) is 0 Å². The second-order valence-corrected chi connectivity index (χ2v) is 6.00. The topological polar surface area (TPSA) is 80.4 Å². The molecule has 84 valence electrons. The largest absolute Gasteiger partial charge is 0.402 e. The third-order valence-electron chi connectivity index (χ3n) is 3.24. The molecular weight excluding hydrogens is 214 g/mol. The average molecular weight is 229 g/mol. The molecule has 2 rings (SSSR count). The predicted molar refractivity (Wildman–Crippen MR) is 57.6 cm³/mol. The van der Waals surface area contributed by atoms with Gasteiger partial charge in [-0.3, -0.25) is 4.55 Å². The van der Waals surface area contributed by atoms with Crippen molar-refractivity contribution in [2.75, 3.05) is 0 Å². The Bertz CT molecular complexity index is 422. The van der Waals surface area contributed by atoms with Gasteiger partial charge in [0.25, 0.3) is 10.1 Å². The smallest absolute Gasteiger partial charge is 0.268 e. The molecule has 2 atom stereocenters. The lowest BCUT2D eigenvalue weighted by Gasteiger charge is -2.31. The summed E-state index contributed by atoms with van der Waals surface area (Å²) >= 11 is 0. The van der Waals surface area contributed by atoms with Crippen LogP contribution in [0.5, 0.6) is 0 Å². The summed E-state index contributed by atoms with van der Waals surface area (Å²) in [6, 6.07) is 0. The SMILES string of the molecule is NC1=CC=C2CC(S(=O)(=O)O)CCC2C1. The molecule has 2 aliphatic carbocycles. The highest BCUT2D eigenvalue weighted by Crippen LogP contribution is 2.37. The van der Waals surface area contributed by atoms with Crippen LogP contribution in [0.15, 0.2) is 23.4 Å². The lowest BCUT2D eigenvalue weighted by Crippen LogP contribution is -2.29. The Balaban J connectivity index is 2.18. The van der Waals surface area contributed by atoms with Crippen LogP contribution in [-0.2, 0) is 10.1 Å². The summed E-state index contributed by atoms with van der Waals surface area (Å²) in [6.45, 7) is 0. The number of nitrogens with two attached hydrogens (primary N) is 1. The number of allylic oxidation sites excluding steroid dienone is 4. The van der Waals surface area contributed by atoms with Gasteiger partial charge in [-0.2, -0.15) is 8.42 Å². The summed E-state index contributed by atoms with van der Waals surface area (Å²) in [6.07, 6.45) is 6.34. The van der Waals surface area contributed by atoms with Crippen molar-refractivity contribution in [1.29, 1.82) is 0 Å². The zero-order valence-corrected chi connectivity index (χ0v) is 9.20. The minimum Gasteiger partial charge on any atom is -0.402 e. The molecule has 15 heavy (non-hydrogen) atoms. The molecule has 0 aromatic rings. The summed E-state index contributed by atoms with van der Waals surface area (Å²) in [4.78, 5) is 0. The van der Waals surface area contributed by atoms with Gasteiger partial charge >= 0.3 is 0 Å². The minimum atomic E-state index is -3.88. The molecule has 2 unspecified atom stereocenters. The summed E-state index contributed by atoms with van der Waals surface area (Å²) in [5.41, 5.74) is 7.68.